The maximum Gasteiger partial charge on any atom is 0.242 e. The largest absolute Gasteiger partial charge is 0.308 e. The number of hydrogen-bond donors (Lipinski definition) is 2. The van der Waals surface area contributed by atoms with Gasteiger partial charge in [0, 0.05) is 6.20 Å². The number of carbonyl (C=O) groups excluding carboxylic acids is 1. The lowest BCUT2D eigenvalue weighted by Gasteiger charge is -2.22. The maximum atomic E-state index is 11.8. The number of hydrogen-bond acceptors (Lipinski definition) is 3. The van der Waals surface area contributed by atoms with Crippen LogP contribution in [-0.4, -0.2) is 23.5 Å². The molecule has 1 atom stereocenters. The molecule has 1 aromatic heterocycles. The standard InChI is InChI=1S/C11H14ClN3O/c12-8-4-3-7-14-10(8)15-11(16)9-5-1-2-6-13-9/h3-4,7,9,13H,1-2,5-6H2,(H,14,15,16)/t9-/m1/s1. The van der Waals surface area contributed by atoms with E-state index >= 15 is 0 Å². The highest BCUT2D eigenvalue weighted by atomic mass is 35.5. The molecule has 2 heterocycles. The van der Waals surface area contributed by atoms with Crippen molar-refractivity contribution in [3.05, 3.63) is 23.4 Å². The molecule has 5 heteroatoms. The van der Waals surface area contributed by atoms with E-state index in [1.54, 1.807) is 18.3 Å². The predicted molar refractivity (Wildman–Crippen MR) is 63.5 cm³/mol. The number of rotatable bonds is 2. The van der Waals surface area contributed by atoms with Gasteiger partial charge >= 0.3 is 0 Å². The second kappa shape index (κ2) is 5.27. The molecule has 0 saturated carbocycles. The fraction of sp³-hybridized carbons (Fsp3) is 0.455. The third-order valence-corrected chi connectivity index (χ3v) is 2.93. The van der Waals surface area contributed by atoms with Gasteiger partial charge in [0.15, 0.2) is 5.82 Å². The highest BCUT2D eigenvalue weighted by molar-refractivity contribution is 6.33. The van der Waals surface area contributed by atoms with E-state index in [1.807, 2.05) is 0 Å². The maximum absolute atomic E-state index is 11.8. The molecule has 0 bridgehead atoms. The first-order valence-electron chi connectivity index (χ1n) is 5.42. The molecule has 1 aromatic rings. The van der Waals surface area contributed by atoms with Gasteiger partial charge in [0.1, 0.15) is 0 Å². The van der Waals surface area contributed by atoms with Crippen molar-refractivity contribution < 1.29 is 4.79 Å². The minimum atomic E-state index is -0.119. The van der Waals surface area contributed by atoms with Gasteiger partial charge in [-0.1, -0.05) is 18.0 Å². The van der Waals surface area contributed by atoms with Gasteiger partial charge in [-0.25, -0.2) is 4.98 Å². The van der Waals surface area contributed by atoms with E-state index in [9.17, 15) is 4.79 Å². The molecule has 0 radical (unpaired) electrons. The molecule has 2 rings (SSSR count). The first-order chi connectivity index (χ1) is 7.77. The summed E-state index contributed by atoms with van der Waals surface area (Å²) in [7, 11) is 0. The Morgan fingerprint density at radius 1 is 1.56 bits per heavy atom. The van der Waals surface area contributed by atoms with E-state index in [0.717, 1.165) is 25.8 Å². The fourth-order valence-corrected chi connectivity index (χ4v) is 1.93. The molecular weight excluding hydrogens is 226 g/mol. The lowest BCUT2D eigenvalue weighted by atomic mass is 10.0. The summed E-state index contributed by atoms with van der Waals surface area (Å²) >= 11 is 5.91. The first-order valence-corrected chi connectivity index (χ1v) is 5.80. The topological polar surface area (TPSA) is 54.0 Å². The number of aromatic nitrogens is 1. The predicted octanol–water partition coefficient (Wildman–Crippen LogP) is 1.82. The molecule has 0 unspecified atom stereocenters. The number of nitrogens with zero attached hydrogens (tertiary/aromatic N) is 1. The van der Waals surface area contributed by atoms with Crippen LogP contribution < -0.4 is 10.6 Å². The average molecular weight is 240 g/mol. The van der Waals surface area contributed by atoms with Gasteiger partial charge in [-0.15, -0.1) is 0 Å². The van der Waals surface area contributed by atoms with E-state index in [4.69, 9.17) is 11.6 Å². The lowest BCUT2D eigenvalue weighted by molar-refractivity contribution is -0.118. The van der Waals surface area contributed by atoms with Gasteiger partial charge in [-0.05, 0) is 31.5 Å². The molecule has 86 valence electrons. The van der Waals surface area contributed by atoms with Crippen LogP contribution in [-0.2, 0) is 4.79 Å². The molecule has 4 nitrogen and oxygen atoms in total. The molecule has 1 fully saturated rings. The van der Waals surface area contributed by atoms with E-state index in [0.29, 0.717) is 10.8 Å². The Morgan fingerprint density at radius 2 is 2.44 bits per heavy atom. The minimum Gasteiger partial charge on any atom is -0.308 e. The Labute approximate surface area is 99.4 Å². The zero-order valence-corrected chi connectivity index (χ0v) is 9.63. The van der Waals surface area contributed by atoms with Crippen molar-refractivity contribution in [1.82, 2.24) is 10.3 Å². The van der Waals surface area contributed by atoms with Crippen LogP contribution in [0.3, 0.4) is 0 Å². The summed E-state index contributed by atoms with van der Waals surface area (Å²) in [5.41, 5.74) is 0. The second-order valence-corrected chi connectivity index (χ2v) is 4.23. The zero-order chi connectivity index (χ0) is 11.4. The number of carbonyl (C=O) groups is 1. The van der Waals surface area contributed by atoms with Crippen LogP contribution in [0.2, 0.25) is 5.02 Å². The smallest absolute Gasteiger partial charge is 0.242 e. The molecule has 1 aliphatic heterocycles. The Bertz CT molecular complexity index is 377. The monoisotopic (exact) mass is 239 g/mol. The number of amides is 1. The Balaban J connectivity index is 1.99. The van der Waals surface area contributed by atoms with Crippen molar-refractivity contribution in [2.24, 2.45) is 0 Å². The van der Waals surface area contributed by atoms with Gasteiger partial charge in [-0.2, -0.15) is 0 Å². The van der Waals surface area contributed by atoms with Crippen molar-refractivity contribution in [2.75, 3.05) is 11.9 Å². The third-order valence-electron chi connectivity index (χ3n) is 2.63. The number of halogens is 1. The number of nitrogens with one attached hydrogen (secondary N) is 2. The summed E-state index contributed by atoms with van der Waals surface area (Å²) in [5, 5.41) is 6.38. The van der Waals surface area contributed by atoms with Crippen molar-refractivity contribution in [1.29, 1.82) is 0 Å². The van der Waals surface area contributed by atoms with Crippen LogP contribution >= 0.6 is 11.6 Å². The normalized spacial score (nSPS) is 20.4. The second-order valence-electron chi connectivity index (χ2n) is 3.83. The first kappa shape index (κ1) is 11.4. The number of pyridine rings is 1. The van der Waals surface area contributed by atoms with Gasteiger partial charge in [-0.3, -0.25) is 4.79 Å². The molecule has 2 N–H and O–H groups in total. The van der Waals surface area contributed by atoms with Crippen LogP contribution in [0.25, 0.3) is 0 Å². The Morgan fingerprint density at radius 3 is 3.12 bits per heavy atom. The summed E-state index contributed by atoms with van der Waals surface area (Å²) in [6.45, 7) is 0.897. The Kier molecular flexibility index (Phi) is 3.74. The van der Waals surface area contributed by atoms with Crippen LogP contribution in [0.5, 0.6) is 0 Å². The summed E-state index contributed by atoms with van der Waals surface area (Å²) in [4.78, 5) is 15.9. The van der Waals surface area contributed by atoms with E-state index in [1.165, 1.54) is 0 Å². The van der Waals surface area contributed by atoms with Crippen LogP contribution in [0, 0.1) is 0 Å². The van der Waals surface area contributed by atoms with E-state index < -0.39 is 0 Å². The van der Waals surface area contributed by atoms with Crippen molar-refractivity contribution in [3.8, 4) is 0 Å². The molecule has 1 saturated heterocycles. The Hall–Kier alpha value is -1.13. The molecule has 0 aromatic carbocycles. The van der Waals surface area contributed by atoms with Crippen LogP contribution in [0.15, 0.2) is 18.3 Å². The van der Waals surface area contributed by atoms with E-state index in [2.05, 4.69) is 15.6 Å². The van der Waals surface area contributed by atoms with Crippen molar-refractivity contribution in [3.63, 3.8) is 0 Å². The molecule has 1 amide bonds. The summed E-state index contributed by atoms with van der Waals surface area (Å²) < 4.78 is 0. The number of piperidine rings is 1. The average Bonchev–Trinajstić information content (AvgIpc) is 2.33. The molecule has 1 aliphatic rings. The molecule has 0 aliphatic carbocycles. The summed E-state index contributed by atoms with van der Waals surface area (Å²) in [5.74, 6) is 0.377. The van der Waals surface area contributed by atoms with Gasteiger partial charge in [0.2, 0.25) is 5.91 Å². The van der Waals surface area contributed by atoms with Crippen molar-refractivity contribution in [2.45, 2.75) is 25.3 Å². The lowest BCUT2D eigenvalue weighted by Crippen LogP contribution is -2.43. The molecular formula is C11H14ClN3O. The fourth-order valence-electron chi connectivity index (χ4n) is 1.76. The molecule has 16 heavy (non-hydrogen) atoms. The third kappa shape index (κ3) is 2.71. The quantitative estimate of drug-likeness (QED) is 0.828. The highest BCUT2D eigenvalue weighted by Crippen LogP contribution is 2.18. The molecule has 0 spiro atoms. The van der Waals surface area contributed by atoms with Crippen molar-refractivity contribution >= 4 is 23.3 Å². The zero-order valence-electron chi connectivity index (χ0n) is 8.87. The van der Waals surface area contributed by atoms with Gasteiger partial charge in [0.05, 0.1) is 11.1 Å². The highest BCUT2D eigenvalue weighted by Gasteiger charge is 2.21. The van der Waals surface area contributed by atoms with Gasteiger partial charge in [0.25, 0.3) is 0 Å². The van der Waals surface area contributed by atoms with E-state index in [-0.39, 0.29) is 11.9 Å². The van der Waals surface area contributed by atoms with Gasteiger partial charge < -0.3 is 10.6 Å². The SMILES string of the molecule is O=C(Nc1ncccc1Cl)[C@H]1CCCCN1. The number of anilines is 1. The minimum absolute atomic E-state index is 0.0553. The van der Waals surface area contributed by atoms with Crippen LogP contribution in [0.1, 0.15) is 19.3 Å². The van der Waals surface area contributed by atoms with Crippen LogP contribution in [0.4, 0.5) is 5.82 Å². The summed E-state index contributed by atoms with van der Waals surface area (Å²) in [6, 6.07) is 3.32. The summed E-state index contributed by atoms with van der Waals surface area (Å²) in [6.07, 6.45) is 4.70.